The Bertz CT molecular complexity index is 896. The molecule has 2 aromatic carbocycles. The van der Waals surface area contributed by atoms with Gasteiger partial charge in [-0.3, -0.25) is 0 Å². The van der Waals surface area contributed by atoms with Crippen LogP contribution in [0.2, 0.25) is 0 Å². The Morgan fingerprint density at radius 1 is 1.12 bits per heavy atom. The van der Waals surface area contributed by atoms with Crippen LogP contribution in [0.15, 0.2) is 42.5 Å². The summed E-state index contributed by atoms with van der Waals surface area (Å²) in [6.07, 6.45) is 2.07. The molecule has 0 amide bonds. The topological polar surface area (TPSA) is 14.2 Å². The highest BCUT2D eigenvalue weighted by Crippen LogP contribution is 2.38. The lowest BCUT2D eigenvalue weighted by atomic mass is 9.96. The lowest BCUT2D eigenvalue weighted by Crippen LogP contribution is -2.17. The van der Waals surface area contributed by atoms with Gasteiger partial charge in [-0.1, -0.05) is 18.2 Å². The molecule has 4 heteroatoms. The smallest absolute Gasteiger partial charge is 0.126 e. The summed E-state index contributed by atoms with van der Waals surface area (Å²) in [5.41, 5.74) is 4.24. The number of fused-ring (bicyclic) bond motifs is 1. The van der Waals surface area contributed by atoms with Crippen molar-refractivity contribution in [3.63, 3.8) is 0 Å². The zero-order chi connectivity index (χ0) is 16.7. The van der Waals surface area contributed by atoms with E-state index in [2.05, 4.69) is 51.4 Å². The fraction of sp³-hybridized carbons (Fsp3) is 0.300. The Morgan fingerprint density at radius 3 is 2.62 bits per heavy atom. The van der Waals surface area contributed by atoms with E-state index >= 15 is 0 Å². The molecule has 0 spiro atoms. The average molecular weight is 435 g/mol. The van der Waals surface area contributed by atoms with E-state index in [4.69, 9.17) is 4.74 Å². The molecule has 24 heavy (non-hydrogen) atoms. The Labute approximate surface area is 154 Å². The fourth-order valence-corrected chi connectivity index (χ4v) is 4.74. The quantitative estimate of drug-likeness (QED) is 0.480. The third-order valence-corrected chi connectivity index (χ3v) is 5.99. The number of nitrogens with zero attached hydrogens (tertiary/aromatic N) is 1. The monoisotopic (exact) mass is 435 g/mol. The summed E-state index contributed by atoms with van der Waals surface area (Å²) in [4.78, 5) is 0. The summed E-state index contributed by atoms with van der Waals surface area (Å²) in [7, 11) is 0. The Balaban J connectivity index is 1.99. The molecule has 0 aliphatic carbocycles. The van der Waals surface area contributed by atoms with Gasteiger partial charge in [0, 0.05) is 39.5 Å². The molecule has 2 heterocycles. The van der Waals surface area contributed by atoms with Crippen molar-refractivity contribution in [2.45, 2.75) is 25.7 Å². The largest absolute Gasteiger partial charge is 0.381 e. The van der Waals surface area contributed by atoms with Crippen molar-refractivity contribution in [1.82, 2.24) is 4.57 Å². The normalized spacial score (nSPS) is 16.0. The van der Waals surface area contributed by atoms with Gasteiger partial charge in [-0.15, -0.1) is 0 Å². The van der Waals surface area contributed by atoms with Crippen LogP contribution in [-0.2, 0) is 4.74 Å². The summed E-state index contributed by atoms with van der Waals surface area (Å²) < 4.78 is 22.9. The van der Waals surface area contributed by atoms with Crippen LogP contribution in [0.5, 0.6) is 0 Å². The van der Waals surface area contributed by atoms with E-state index in [9.17, 15) is 4.39 Å². The van der Waals surface area contributed by atoms with Gasteiger partial charge in [-0.25, -0.2) is 4.39 Å². The van der Waals surface area contributed by atoms with Crippen molar-refractivity contribution in [3.05, 3.63) is 63.1 Å². The number of ether oxygens (including phenoxy) is 1. The van der Waals surface area contributed by atoms with Crippen LogP contribution in [-0.4, -0.2) is 17.8 Å². The van der Waals surface area contributed by atoms with Gasteiger partial charge in [-0.05, 0) is 72.2 Å². The van der Waals surface area contributed by atoms with Gasteiger partial charge >= 0.3 is 0 Å². The average Bonchev–Trinajstić information content (AvgIpc) is 2.91. The van der Waals surface area contributed by atoms with E-state index < -0.39 is 0 Å². The number of hydrogen-bond donors (Lipinski definition) is 0. The molecule has 2 nitrogen and oxygen atoms in total. The van der Waals surface area contributed by atoms with Gasteiger partial charge in [0.1, 0.15) is 5.82 Å². The molecular weight excluding hydrogens is 416 g/mol. The van der Waals surface area contributed by atoms with Crippen molar-refractivity contribution in [2.24, 2.45) is 0 Å². The summed E-state index contributed by atoms with van der Waals surface area (Å²) in [5, 5.41) is 1.27. The van der Waals surface area contributed by atoms with E-state index in [1.807, 2.05) is 19.1 Å². The first-order valence-corrected chi connectivity index (χ1v) is 9.38. The summed E-state index contributed by atoms with van der Waals surface area (Å²) in [5.74, 6) is 0.320. The number of benzene rings is 2. The van der Waals surface area contributed by atoms with Gasteiger partial charge in [0.2, 0.25) is 0 Å². The fourth-order valence-electron chi connectivity index (χ4n) is 3.60. The predicted molar refractivity (Wildman–Crippen MR) is 103 cm³/mol. The molecule has 0 atom stereocenters. The third kappa shape index (κ3) is 2.65. The number of aromatic nitrogens is 1. The van der Waals surface area contributed by atoms with Crippen molar-refractivity contribution in [3.8, 4) is 5.69 Å². The van der Waals surface area contributed by atoms with Crippen molar-refractivity contribution in [1.29, 1.82) is 0 Å². The van der Waals surface area contributed by atoms with Gasteiger partial charge in [0.25, 0.3) is 0 Å². The van der Waals surface area contributed by atoms with Crippen LogP contribution in [0, 0.1) is 16.3 Å². The molecule has 1 aromatic heterocycles. The van der Waals surface area contributed by atoms with Crippen LogP contribution in [0.4, 0.5) is 4.39 Å². The standard InChI is InChI=1S/C20H19FINO/c1-13-12-15(6-7-17(13)21)23-18-5-3-2-4-16(18)19(22)20(23)14-8-10-24-11-9-14/h2-7,12,14H,8-11H2,1H3. The van der Waals surface area contributed by atoms with E-state index in [1.54, 1.807) is 6.07 Å². The number of para-hydroxylation sites is 1. The zero-order valence-corrected chi connectivity index (χ0v) is 15.7. The number of halogens is 2. The Morgan fingerprint density at radius 2 is 1.88 bits per heavy atom. The molecule has 0 unspecified atom stereocenters. The number of aryl methyl sites for hydroxylation is 1. The van der Waals surface area contributed by atoms with E-state index in [-0.39, 0.29) is 5.82 Å². The summed E-state index contributed by atoms with van der Waals surface area (Å²) in [6.45, 7) is 3.44. The van der Waals surface area contributed by atoms with Crippen LogP contribution >= 0.6 is 22.6 Å². The second-order valence-electron chi connectivity index (χ2n) is 6.37. The third-order valence-electron chi connectivity index (χ3n) is 4.85. The van der Waals surface area contributed by atoms with Crippen LogP contribution in [0.1, 0.15) is 30.0 Å². The first-order chi connectivity index (χ1) is 11.7. The highest BCUT2D eigenvalue weighted by molar-refractivity contribution is 14.1. The van der Waals surface area contributed by atoms with Crippen LogP contribution in [0.3, 0.4) is 0 Å². The molecular formula is C20H19FINO. The molecule has 4 rings (SSSR count). The van der Waals surface area contributed by atoms with Gasteiger partial charge in [-0.2, -0.15) is 0 Å². The first kappa shape index (κ1) is 16.1. The summed E-state index contributed by atoms with van der Waals surface area (Å²) in [6, 6.07) is 13.9. The molecule has 3 aromatic rings. The van der Waals surface area contributed by atoms with Gasteiger partial charge in [0.15, 0.2) is 0 Å². The highest BCUT2D eigenvalue weighted by atomic mass is 127. The molecule has 1 saturated heterocycles. The van der Waals surface area contributed by atoms with Crippen LogP contribution < -0.4 is 0 Å². The lowest BCUT2D eigenvalue weighted by Gasteiger charge is -2.25. The Hall–Kier alpha value is -1.40. The number of hydrogen-bond acceptors (Lipinski definition) is 1. The van der Waals surface area contributed by atoms with Gasteiger partial charge in [0.05, 0.1) is 5.52 Å². The molecule has 0 N–H and O–H groups in total. The maximum Gasteiger partial charge on any atom is 0.126 e. The minimum absolute atomic E-state index is 0.155. The van der Waals surface area contributed by atoms with E-state index in [0.717, 1.165) is 31.7 Å². The number of rotatable bonds is 2. The molecule has 1 aliphatic rings. The lowest BCUT2D eigenvalue weighted by molar-refractivity contribution is 0.0841. The van der Waals surface area contributed by atoms with E-state index in [1.165, 1.54) is 20.2 Å². The Kier molecular flexibility index (Phi) is 4.35. The summed E-state index contributed by atoms with van der Waals surface area (Å²) >= 11 is 2.47. The van der Waals surface area contributed by atoms with Gasteiger partial charge < -0.3 is 9.30 Å². The van der Waals surface area contributed by atoms with E-state index in [0.29, 0.717) is 11.5 Å². The molecule has 1 fully saturated rings. The zero-order valence-electron chi connectivity index (χ0n) is 13.6. The maximum absolute atomic E-state index is 13.8. The van der Waals surface area contributed by atoms with Crippen molar-refractivity contribution < 1.29 is 9.13 Å². The molecule has 0 saturated carbocycles. The SMILES string of the molecule is Cc1cc(-n2c(C3CCOCC3)c(I)c3ccccc32)ccc1F. The predicted octanol–water partition coefficient (Wildman–Crippen LogP) is 5.58. The molecule has 124 valence electrons. The molecule has 1 aliphatic heterocycles. The van der Waals surface area contributed by atoms with Crippen LogP contribution in [0.25, 0.3) is 16.6 Å². The maximum atomic E-state index is 13.8. The second-order valence-corrected chi connectivity index (χ2v) is 7.45. The van der Waals surface area contributed by atoms with Crippen molar-refractivity contribution >= 4 is 33.5 Å². The van der Waals surface area contributed by atoms with Crippen molar-refractivity contribution in [2.75, 3.05) is 13.2 Å². The highest BCUT2D eigenvalue weighted by Gasteiger charge is 2.25. The molecule has 0 bridgehead atoms. The first-order valence-electron chi connectivity index (χ1n) is 8.30. The minimum Gasteiger partial charge on any atom is -0.381 e. The second kappa shape index (κ2) is 6.48. The molecule has 0 radical (unpaired) electrons. The minimum atomic E-state index is -0.155.